The fourth-order valence-electron chi connectivity index (χ4n) is 1.34. The van der Waals surface area contributed by atoms with Crippen LogP contribution in [-0.4, -0.2) is 0 Å². The number of allylic oxidation sites excluding steroid dienone is 1. The molecule has 1 rings (SSSR count). The van der Waals surface area contributed by atoms with Gasteiger partial charge in [0.1, 0.15) is 0 Å². The Bertz CT molecular complexity index is 343. The molecule has 0 fully saturated rings. The third-order valence-corrected chi connectivity index (χ3v) is 1.94. The van der Waals surface area contributed by atoms with Crippen LogP contribution in [0.25, 0.3) is 18.2 Å². The first-order valence-corrected chi connectivity index (χ1v) is 4.34. The van der Waals surface area contributed by atoms with Crippen molar-refractivity contribution in [3.63, 3.8) is 0 Å². The molecule has 0 heterocycles. The highest BCUT2D eigenvalue weighted by Gasteiger charge is 1.98. The molecule has 0 atom stereocenters. The molecule has 0 amide bonds. The molecule has 0 heteroatoms. The van der Waals surface area contributed by atoms with Crippen LogP contribution in [0.3, 0.4) is 0 Å². The fraction of sp³-hybridized carbons (Fsp3) is 0.0769. The van der Waals surface area contributed by atoms with Crippen molar-refractivity contribution in [3.05, 3.63) is 54.1 Å². The third kappa shape index (κ3) is 1.97. The van der Waals surface area contributed by atoms with Crippen molar-refractivity contribution in [3.8, 4) is 0 Å². The van der Waals surface area contributed by atoms with Gasteiger partial charge in [-0.1, -0.05) is 55.7 Å². The van der Waals surface area contributed by atoms with E-state index in [1.807, 2.05) is 37.3 Å². The van der Waals surface area contributed by atoms with Gasteiger partial charge in [-0.2, -0.15) is 0 Å². The van der Waals surface area contributed by atoms with Gasteiger partial charge in [0.2, 0.25) is 0 Å². The van der Waals surface area contributed by atoms with Gasteiger partial charge in [0, 0.05) is 0 Å². The highest BCUT2D eigenvalue weighted by molar-refractivity contribution is 5.72. The summed E-state index contributed by atoms with van der Waals surface area (Å²) in [5.41, 5.74) is 3.47. The van der Waals surface area contributed by atoms with Crippen molar-refractivity contribution < 1.29 is 0 Å². The Labute approximate surface area is 79.9 Å². The van der Waals surface area contributed by atoms with E-state index < -0.39 is 0 Å². The predicted molar refractivity (Wildman–Crippen MR) is 61.3 cm³/mol. The second kappa shape index (κ2) is 4.46. The minimum Gasteiger partial charge on any atom is -0.0984 e. The van der Waals surface area contributed by atoms with E-state index in [1.54, 1.807) is 0 Å². The fourth-order valence-corrected chi connectivity index (χ4v) is 1.34. The Kier molecular flexibility index (Phi) is 3.27. The van der Waals surface area contributed by atoms with Crippen LogP contribution in [0.2, 0.25) is 0 Å². The average molecular weight is 170 g/mol. The lowest BCUT2D eigenvalue weighted by molar-refractivity contribution is 1.57. The standard InChI is InChI=1S/C13H14/c1-4-8-12-10-7-9-11(5-2)13(12)6-3/h4-10H,2-3H2,1H3/b8-4+. The number of rotatable bonds is 3. The second-order valence-corrected chi connectivity index (χ2v) is 2.76. The third-order valence-electron chi connectivity index (χ3n) is 1.94. The first-order valence-electron chi connectivity index (χ1n) is 4.34. The highest BCUT2D eigenvalue weighted by Crippen LogP contribution is 2.18. The van der Waals surface area contributed by atoms with Gasteiger partial charge in [0.05, 0.1) is 0 Å². The van der Waals surface area contributed by atoms with Crippen molar-refractivity contribution in [1.82, 2.24) is 0 Å². The van der Waals surface area contributed by atoms with Crippen molar-refractivity contribution >= 4 is 18.2 Å². The SMILES string of the molecule is C=Cc1cccc(/C=C/C)c1C=C. The zero-order valence-corrected chi connectivity index (χ0v) is 7.96. The molecule has 0 spiro atoms. The monoisotopic (exact) mass is 170 g/mol. The van der Waals surface area contributed by atoms with Gasteiger partial charge in [-0.3, -0.25) is 0 Å². The van der Waals surface area contributed by atoms with Gasteiger partial charge >= 0.3 is 0 Å². The normalized spacial score (nSPS) is 10.2. The number of hydrogen-bond donors (Lipinski definition) is 0. The number of hydrogen-bond acceptors (Lipinski definition) is 0. The molecule has 0 aliphatic carbocycles. The summed E-state index contributed by atoms with van der Waals surface area (Å²) in [7, 11) is 0. The summed E-state index contributed by atoms with van der Waals surface area (Å²) >= 11 is 0. The molecule has 0 saturated heterocycles. The summed E-state index contributed by atoms with van der Waals surface area (Å²) in [6.07, 6.45) is 7.82. The Morgan fingerprint density at radius 2 is 1.77 bits per heavy atom. The van der Waals surface area contributed by atoms with Crippen molar-refractivity contribution in [1.29, 1.82) is 0 Å². The highest BCUT2D eigenvalue weighted by atomic mass is 14.0. The molecule has 0 aliphatic rings. The van der Waals surface area contributed by atoms with Gasteiger partial charge in [0.25, 0.3) is 0 Å². The van der Waals surface area contributed by atoms with Crippen molar-refractivity contribution in [2.24, 2.45) is 0 Å². The lowest BCUT2D eigenvalue weighted by Gasteiger charge is -2.04. The van der Waals surface area contributed by atoms with Crippen molar-refractivity contribution in [2.45, 2.75) is 6.92 Å². The van der Waals surface area contributed by atoms with Crippen LogP contribution in [0, 0.1) is 0 Å². The minimum absolute atomic E-state index is 1.13. The average Bonchev–Trinajstić information content (AvgIpc) is 2.18. The van der Waals surface area contributed by atoms with Crippen LogP contribution in [0.1, 0.15) is 23.6 Å². The largest absolute Gasteiger partial charge is 0.0984 e. The van der Waals surface area contributed by atoms with E-state index in [1.165, 1.54) is 5.56 Å². The maximum Gasteiger partial charge on any atom is -0.0118 e. The Morgan fingerprint density at radius 1 is 1.08 bits per heavy atom. The van der Waals surface area contributed by atoms with Gasteiger partial charge in [-0.25, -0.2) is 0 Å². The smallest absolute Gasteiger partial charge is 0.0118 e. The van der Waals surface area contributed by atoms with Gasteiger partial charge < -0.3 is 0 Å². The van der Waals surface area contributed by atoms with E-state index in [9.17, 15) is 0 Å². The van der Waals surface area contributed by atoms with E-state index in [0.717, 1.165) is 11.1 Å². The Hall–Kier alpha value is -1.56. The molecule has 0 N–H and O–H groups in total. The maximum atomic E-state index is 3.80. The molecule has 0 unspecified atom stereocenters. The zero-order valence-electron chi connectivity index (χ0n) is 7.96. The van der Waals surface area contributed by atoms with Crippen LogP contribution in [0.5, 0.6) is 0 Å². The topological polar surface area (TPSA) is 0 Å². The van der Waals surface area contributed by atoms with Gasteiger partial charge in [0.15, 0.2) is 0 Å². The molecule has 0 aromatic heterocycles. The van der Waals surface area contributed by atoms with E-state index in [4.69, 9.17) is 0 Å². The van der Waals surface area contributed by atoms with E-state index >= 15 is 0 Å². The quantitative estimate of drug-likeness (QED) is 0.643. The number of benzene rings is 1. The lowest BCUT2D eigenvalue weighted by atomic mass is 10.0. The summed E-state index contributed by atoms with van der Waals surface area (Å²) in [6, 6.07) is 6.14. The Balaban J connectivity index is 3.34. The molecule has 1 aromatic rings. The zero-order chi connectivity index (χ0) is 9.68. The Morgan fingerprint density at radius 3 is 2.31 bits per heavy atom. The summed E-state index contributed by atoms with van der Waals surface area (Å²) in [5.74, 6) is 0. The summed E-state index contributed by atoms with van der Waals surface area (Å²) in [4.78, 5) is 0. The van der Waals surface area contributed by atoms with Crippen LogP contribution in [-0.2, 0) is 0 Å². The summed E-state index contributed by atoms with van der Waals surface area (Å²) < 4.78 is 0. The van der Waals surface area contributed by atoms with Crippen LogP contribution < -0.4 is 0 Å². The van der Waals surface area contributed by atoms with E-state index in [-0.39, 0.29) is 0 Å². The van der Waals surface area contributed by atoms with Gasteiger partial charge in [-0.05, 0) is 23.6 Å². The molecule has 0 bridgehead atoms. The first-order chi connectivity index (χ1) is 6.33. The van der Waals surface area contributed by atoms with Gasteiger partial charge in [-0.15, -0.1) is 0 Å². The molecule has 0 nitrogen and oxygen atoms in total. The predicted octanol–water partition coefficient (Wildman–Crippen LogP) is 4.01. The summed E-state index contributed by atoms with van der Waals surface area (Å²) in [6.45, 7) is 9.58. The van der Waals surface area contributed by atoms with Crippen LogP contribution in [0.4, 0.5) is 0 Å². The van der Waals surface area contributed by atoms with Crippen LogP contribution >= 0.6 is 0 Å². The molecule has 13 heavy (non-hydrogen) atoms. The molecule has 0 radical (unpaired) electrons. The second-order valence-electron chi connectivity index (χ2n) is 2.76. The first kappa shape index (κ1) is 9.53. The minimum atomic E-state index is 1.13. The van der Waals surface area contributed by atoms with Crippen molar-refractivity contribution in [2.75, 3.05) is 0 Å². The van der Waals surface area contributed by atoms with Crippen LogP contribution in [0.15, 0.2) is 37.4 Å². The van der Waals surface area contributed by atoms with E-state index in [0.29, 0.717) is 0 Å². The summed E-state index contributed by atoms with van der Waals surface area (Å²) in [5, 5.41) is 0. The molecular weight excluding hydrogens is 156 g/mol. The molecular formula is C13H14. The molecule has 0 aliphatic heterocycles. The molecule has 66 valence electrons. The maximum absolute atomic E-state index is 3.80. The lowest BCUT2D eigenvalue weighted by Crippen LogP contribution is -1.84. The molecule has 0 saturated carbocycles. The van der Waals surface area contributed by atoms with E-state index in [2.05, 4.69) is 25.3 Å². The molecule has 1 aromatic carbocycles.